The van der Waals surface area contributed by atoms with Crippen LogP contribution in [-0.2, 0) is 9.53 Å². The first-order valence-electron chi connectivity index (χ1n) is 6.86. The van der Waals surface area contributed by atoms with Crippen molar-refractivity contribution in [3.05, 3.63) is 18.2 Å². The Labute approximate surface area is 132 Å². The highest BCUT2D eigenvalue weighted by Crippen LogP contribution is 2.38. The highest BCUT2D eigenvalue weighted by atomic mass is 32.2. The molecule has 0 saturated heterocycles. The lowest BCUT2D eigenvalue weighted by molar-refractivity contribution is -0.145. The van der Waals surface area contributed by atoms with Crippen LogP contribution in [0.4, 0.5) is 0 Å². The minimum atomic E-state index is -0.646. The lowest BCUT2D eigenvalue weighted by atomic mass is 10.2. The molecule has 0 atom stereocenters. The molecule has 0 unspecified atom stereocenters. The summed E-state index contributed by atoms with van der Waals surface area (Å²) in [5.74, 6) is 0.624. The summed E-state index contributed by atoms with van der Waals surface area (Å²) in [6.45, 7) is 8.51. The molecule has 0 spiro atoms. The van der Waals surface area contributed by atoms with Gasteiger partial charge < -0.3 is 9.47 Å². The van der Waals surface area contributed by atoms with Crippen molar-refractivity contribution in [3.8, 4) is 5.75 Å². The molecule has 0 saturated carbocycles. The molecule has 4 nitrogen and oxygen atoms in total. The van der Waals surface area contributed by atoms with E-state index in [4.69, 9.17) is 9.47 Å². The van der Waals surface area contributed by atoms with Crippen LogP contribution in [0.25, 0.3) is 10.2 Å². The second-order valence-corrected chi connectivity index (χ2v) is 7.78. The largest absolute Gasteiger partial charge is 0.494 e. The minimum Gasteiger partial charge on any atom is -0.494 e. The van der Waals surface area contributed by atoms with Gasteiger partial charge >= 0.3 is 5.97 Å². The fourth-order valence-electron chi connectivity index (χ4n) is 1.75. The van der Waals surface area contributed by atoms with Gasteiger partial charge in [0.05, 0.1) is 23.4 Å². The zero-order valence-corrected chi connectivity index (χ0v) is 14.3. The van der Waals surface area contributed by atoms with Gasteiger partial charge in [-0.1, -0.05) is 11.8 Å². The second kappa shape index (κ2) is 6.66. The van der Waals surface area contributed by atoms with E-state index in [0.717, 1.165) is 20.3 Å². The van der Waals surface area contributed by atoms with Crippen molar-refractivity contribution in [1.29, 1.82) is 0 Å². The number of esters is 1. The van der Waals surface area contributed by atoms with Crippen LogP contribution in [0.2, 0.25) is 0 Å². The first-order valence-corrected chi connectivity index (χ1v) is 8.49. The van der Waals surface area contributed by atoms with Crippen molar-refractivity contribution in [2.75, 3.05) is 13.2 Å². The van der Waals surface area contributed by atoms with Gasteiger partial charge in [-0.15, -0.1) is 11.3 Å². The molecule has 0 bridgehead atoms. The number of hydrogen-bond acceptors (Lipinski definition) is 6. The number of carbonyl (C=O) groups is 1. The number of rotatable bonds is 6. The molecule has 0 aliphatic carbocycles. The third-order valence-corrected chi connectivity index (χ3v) is 5.02. The Bertz CT molecular complexity index is 637. The van der Waals surface area contributed by atoms with Gasteiger partial charge in [0.2, 0.25) is 0 Å². The van der Waals surface area contributed by atoms with E-state index < -0.39 is 4.75 Å². The Kier molecular flexibility index (Phi) is 5.11. The Hall–Kier alpha value is -1.27. The number of benzene rings is 1. The molecule has 1 aromatic heterocycles. The van der Waals surface area contributed by atoms with Crippen molar-refractivity contribution < 1.29 is 14.3 Å². The van der Waals surface area contributed by atoms with E-state index in [1.165, 1.54) is 11.8 Å². The number of fused-ring (bicyclic) bond motifs is 1. The van der Waals surface area contributed by atoms with Gasteiger partial charge in [-0.2, -0.15) is 0 Å². The van der Waals surface area contributed by atoms with Crippen molar-refractivity contribution in [2.24, 2.45) is 0 Å². The molecule has 0 aliphatic rings. The molecule has 6 heteroatoms. The fraction of sp³-hybridized carbons (Fsp3) is 0.467. The lowest BCUT2D eigenvalue weighted by Crippen LogP contribution is -2.29. The van der Waals surface area contributed by atoms with E-state index in [0.29, 0.717) is 13.2 Å². The molecule has 0 amide bonds. The summed E-state index contributed by atoms with van der Waals surface area (Å²) in [6.07, 6.45) is 0. The zero-order valence-electron chi connectivity index (χ0n) is 12.6. The van der Waals surface area contributed by atoms with Crippen molar-refractivity contribution >= 4 is 39.3 Å². The van der Waals surface area contributed by atoms with Crippen molar-refractivity contribution in [1.82, 2.24) is 4.98 Å². The lowest BCUT2D eigenvalue weighted by Gasteiger charge is -2.19. The monoisotopic (exact) mass is 325 g/mol. The summed E-state index contributed by atoms with van der Waals surface area (Å²) in [5, 5.41) is 0. The number of thiazole rings is 1. The maximum atomic E-state index is 11.9. The smallest absolute Gasteiger partial charge is 0.322 e. The standard InChI is InChI=1S/C15H19NO3S2/c1-5-18-10-7-8-11-12(9-10)20-14(16-11)21-15(3,4)13(17)19-6-2/h7-9H,5-6H2,1-4H3. The third-order valence-electron chi connectivity index (χ3n) is 2.76. The number of thioether (sulfide) groups is 1. The van der Waals surface area contributed by atoms with Gasteiger partial charge in [0, 0.05) is 0 Å². The topological polar surface area (TPSA) is 48.4 Å². The fourth-order valence-corrected chi connectivity index (χ4v) is 4.26. The summed E-state index contributed by atoms with van der Waals surface area (Å²) >= 11 is 2.99. The second-order valence-electron chi connectivity index (χ2n) is 4.88. The van der Waals surface area contributed by atoms with Gasteiger partial charge in [0.1, 0.15) is 10.5 Å². The van der Waals surface area contributed by atoms with Crippen molar-refractivity contribution in [3.63, 3.8) is 0 Å². The maximum Gasteiger partial charge on any atom is 0.322 e. The number of carbonyl (C=O) groups excluding carboxylic acids is 1. The number of ether oxygens (including phenoxy) is 2. The molecule has 0 fully saturated rings. The minimum absolute atomic E-state index is 0.218. The van der Waals surface area contributed by atoms with Gasteiger partial charge in [0.15, 0.2) is 4.34 Å². The van der Waals surface area contributed by atoms with Gasteiger partial charge in [0.25, 0.3) is 0 Å². The van der Waals surface area contributed by atoms with Crippen LogP contribution in [0.15, 0.2) is 22.5 Å². The molecular weight excluding hydrogens is 306 g/mol. The molecule has 0 radical (unpaired) electrons. The first kappa shape index (κ1) is 16.1. The zero-order chi connectivity index (χ0) is 15.5. The van der Waals surface area contributed by atoms with Crippen LogP contribution in [-0.4, -0.2) is 28.9 Å². The molecule has 1 aromatic carbocycles. The quantitative estimate of drug-likeness (QED) is 0.590. The van der Waals surface area contributed by atoms with Crippen LogP contribution in [0.5, 0.6) is 5.75 Å². The van der Waals surface area contributed by atoms with Crippen molar-refractivity contribution in [2.45, 2.75) is 36.8 Å². The Morgan fingerprint density at radius 2 is 2.10 bits per heavy atom. The average molecular weight is 325 g/mol. The van der Waals surface area contributed by atoms with E-state index in [9.17, 15) is 4.79 Å². The van der Waals surface area contributed by atoms with Crippen LogP contribution in [0.3, 0.4) is 0 Å². The molecule has 114 valence electrons. The molecule has 1 heterocycles. The third kappa shape index (κ3) is 3.89. The number of hydrogen-bond donors (Lipinski definition) is 0. The Morgan fingerprint density at radius 1 is 1.33 bits per heavy atom. The molecule has 0 N–H and O–H groups in total. The summed E-state index contributed by atoms with van der Waals surface area (Å²) < 4.78 is 11.9. The van der Waals surface area contributed by atoms with Crippen LogP contribution in [0.1, 0.15) is 27.7 Å². The summed E-state index contributed by atoms with van der Waals surface area (Å²) in [5.41, 5.74) is 0.922. The van der Waals surface area contributed by atoms with Gasteiger partial charge in [-0.25, -0.2) is 4.98 Å². The van der Waals surface area contributed by atoms with E-state index in [1.54, 1.807) is 11.3 Å². The van der Waals surface area contributed by atoms with Gasteiger partial charge in [-0.05, 0) is 45.9 Å². The van der Waals surface area contributed by atoms with Crippen LogP contribution in [0, 0.1) is 0 Å². The predicted molar refractivity (Wildman–Crippen MR) is 87.4 cm³/mol. The first-order chi connectivity index (χ1) is 9.96. The summed E-state index contributed by atoms with van der Waals surface area (Å²) in [6, 6.07) is 5.84. The van der Waals surface area contributed by atoms with E-state index in [2.05, 4.69) is 4.98 Å². The van der Waals surface area contributed by atoms with Gasteiger partial charge in [-0.3, -0.25) is 4.79 Å². The highest BCUT2D eigenvalue weighted by molar-refractivity contribution is 8.03. The predicted octanol–water partition coefficient (Wildman–Crippen LogP) is 4.13. The maximum absolute atomic E-state index is 11.9. The highest BCUT2D eigenvalue weighted by Gasteiger charge is 2.31. The number of aromatic nitrogens is 1. The van der Waals surface area contributed by atoms with Crippen LogP contribution >= 0.6 is 23.1 Å². The Balaban J connectivity index is 2.21. The Morgan fingerprint density at radius 3 is 2.76 bits per heavy atom. The average Bonchev–Trinajstić information content (AvgIpc) is 2.80. The van der Waals surface area contributed by atoms with E-state index >= 15 is 0 Å². The summed E-state index contributed by atoms with van der Waals surface area (Å²) in [7, 11) is 0. The number of nitrogens with zero attached hydrogens (tertiary/aromatic N) is 1. The normalized spacial score (nSPS) is 11.6. The summed E-state index contributed by atoms with van der Waals surface area (Å²) in [4.78, 5) is 16.5. The van der Waals surface area contributed by atoms with E-state index in [-0.39, 0.29) is 5.97 Å². The molecule has 2 rings (SSSR count). The molecule has 0 aliphatic heterocycles. The molecule has 21 heavy (non-hydrogen) atoms. The van der Waals surface area contributed by atoms with E-state index in [1.807, 2.05) is 45.9 Å². The molecular formula is C15H19NO3S2. The SMILES string of the molecule is CCOC(=O)C(C)(C)Sc1nc2ccc(OCC)cc2s1. The van der Waals surface area contributed by atoms with Crippen LogP contribution < -0.4 is 4.74 Å². The molecule has 2 aromatic rings.